The first-order chi connectivity index (χ1) is 12.4. The SMILES string of the molecule is CS(=O)(=O)Cc1cccc(C(=O)N2CCCCCC2c2ccncc2)c1. The van der Waals surface area contributed by atoms with E-state index in [4.69, 9.17) is 0 Å². The van der Waals surface area contributed by atoms with Crippen molar-refractivity contribution in [3.63, 3.8) is 0 Å². The number of benzene rings is 1. The van der Waals surface area contributed by atoms with Gasteiger partial charge in [-0.15, -0.1) is 0 Å². The highest BCUT2D eigenvalue weighted by Gasteiger charge is 2.27. The zero-order chi connectivity index (χ0) is 18.6. The summed E-state index contributed by atoms with van der Waals surface area (Å²) in [5.74, 6) is -0.0916. The number of hydrogen-bond acceptors (Lipinski definition) is 4. The van der Waals surface area contributed by atoms with Crippen molar-refractivity contribution in [1.82, 2.24) is 9.88 Å². The van der Waals surface area contributed by atoms with Gasteiger partial charge in [0.2, 0.25) is 0 Å². The highest BCUT2D eigenvalue weighted by Crippen LogP contribution is 2.31. The Morgan fingerprint density at radius 3 is 2.65 bits per heavy atom. The van der Waals surface area contributed by atoms with Crippen LogP contribution in [0, 0.1) is 0 Å². The lowest BCUT2D eigenvalue weighted by Gasteiger charge is -2.30. The van der Waals surface area contributed by atoms with Crippen LogP contribution in [0.1, 0.15) is 53.2 Å². The number of rotatable bonds is 4. The standard InChI is InChI=1S/C20H24N2O3S/c1-26(24,25)15-16-6-5-7-18(14-16)20(23)22-13-4-2-3-8-19(22)17-9-11-21-12-10-17/h5-7,9-12,14,19H,2-4,8,13,15H2,1H3. The largest absolute Gasteiger partial charge is 0.332 e. The third kappa shape index (κ3) is 4.69. The molecule has 2 heterocycles. The average molecular weight is 372 g/mol. The van der Waals surface area contributed by atoms with Gasteiger partial charge in [0.1, 0.15) is 0 Å². The topological polar surface area (TPSA) is 67.3 Å². The molecular formula is C20H24N2O3S. The quantitative estimate of drug-likeness (QED) is 0.825. The lowest BCUT2D eigenvalue weighted by Crippen LogP contribution is -2.34. The fraction of sp³-hybridized carbons (Fsp3) is 0.400. The molecule has 1 atom stereocenters. The van der Waals surface area contributed by atoms with Gasteiger partial charge in [-0.1, -0.05) is 25.0 Å². The number of carbonyl (C=O) groups is 1. The van der Waals surface area contributed by atoms with Crippen LogP contribution in [0.5, 0.6) is 0 Å². The van der Waals surface area contributed by atoms with Gasteiger partial charge < -0.3 is 4.90 Å². The first-order valence-corrected chi connectivity index (χ1v) is 11.0. The summed E-state index contributed by atoms with van der Waals surface area (Å²) in [7, 11) is -3.14. The molecule has 0 aliphatic carbocycles. The van der Waals surface area contributed by atoms with Crippen molar-refractivity contribution in [3.8, 4) is 0 Å². The molecule has 0 radical (unpaired) electrons. The van der Waals surface area contributed by atoms with Crippen molar-refractivity contribution >= 4 is 15.7 Å². The van der Waals surface area contributed by atoms with E-state index in [2.05, 4.69) is 4.98 Å². The lowest BCUT2D eigenvalue weighted by molar-refractivity contribution is 0.0680. The molecule has 6 heteroatoms. The second kappa shape index (κ2) is 7.99. The Hall–Kier alpha value is -2.21. The van der Waals surface area contributed by atoms with Gasteiger partial charge in [0.15, 0.2) is 9.84 Å². The minimum Gasteiger partial charge on any atom is -0.332 e. The summed E-state index contributed by atoms with van der Waals surface area (Å²) in [6.07, 6.45) is 8.83. The van der Waals surface area contributed by atoms with E-state index < -0.39 is 9.84 Å². The van der Waals surface area contributed by atoms with Crippen LogP contribution in [0.15, 0.2) is 48.8 Å². The van der Waals surface area contributed by atoms with Crippen LogP contribution in [0.2, 0.25) is 0 Å². The third-order valence-electron chi connectivity index (χ3n) is 4.71. The molecule has 0 spiro atoms. The van der Waals surface area contributed by atoms with Gasteiger partial charge in [-0.05, 0) is 48.2 Å². The lowest BCUT2D eigenvalue weighted by atomic mass is 10.0. The van der Waals surface area contributed by atoms with Crippen LogP contribution in [-0.2, 0) is 15.6 Å². The minimum atomic E-state index is -3.14. The molecule has 3 rings (SSSR count). The van der Waals surface area contributed by atoms with E-state index in [1.165, 1.54) is 6.26 Å². The van der Waals surface area contributed by atoms with Crippen LogP contribution in [0.3, 0.4) is 0 Å². The molecule has 1 saturated heterocycles. The molecule has 0 N–H and O–H groups in total. The summed E-state index contributed by atoms with van der Waals surface area (Å²) in [4.78, 5) is 19.2. The second-order valence-electron chi connectivity index (χ2n) is 6.91. The highest BCUT2D eigenvalue weighted by molar-refractivity contribution is 7.89. The fourth-order valence-electron chi connectivity index (χ4n) is 3.55. The van der Waals surface area contributed by atoms with E-state index in [1.807, 2.05) is 17.0 Å². The van der Waals surface area contributed by atoms with Gasteiger partial charge >= 0.3 is 0 Å². The number of aromatic nitrogens is 1. The van der Waals surface area contributed by atoms with Crippen molar-refractivity contribution in [1.29, 1.82) is 0 Å². The van der Waals surface area contributed by atoms with Crippen LogP contribution in [-0.4, -0.2) is 37.0 Å². The number of pyridine rings is 1. The maximum absolute atomic E-state index is 13.2. The maximum Gasteiger partial charge on any atom is 0.254 e. The molecule has 1 aromatic heterocycles. The first-order valence-electron chi connectivity index (χ1n) is 8.91. The highest BCUT2D eigenvalue weighted by atomic mass is 32.2. The molecule has 5 nitrogen and oxygen atoms in total. The molecule has 1 amide bonds. The van der Waals surface area contributed by atoms with Crippen molar-refractivity contribution in [2.75, 3.05) is 12.8 Å². The number of hydrogen-bond donors (Lipinski definition) is 0. The molecule has 1 unspecified atom stereocenters. The van der Waals surface area contributed by atoms with E-state index in [9.17, 15) is 13.2 Å². The molecule has 1 aromatic carbocycles. The number of amides is 1. The zero-order valence-electron chi connectivity index (χ0n) is 15.0. The molecule has 1 aliphatic rings. The van der Waals surface area contributed by atoms with Gasteiger partial charge in [-0.25, -0.2) is 8.42 Å². The van der Waals surface area contributed by atoms with Crippen LogP contribution >= 0.6 is 0 Å². The normalized spacial score (nSPS) is 18.3. The average Bonchev–Trinajstić information content (AvgIpc) is 2.86. The number of sulfone groups is 1. The van der Waals surface area contributed by atoms with Crippen LogP contribution < -0.4 is 0 Å². The smallest absolute Gasteiger partial charge is 0.254 e. The number of carbonyl (C=O) groups excluding carboxylic acids is 1. The molecule has 0 saturated carbocycles. The summed E-state index contributed by atoms with van der Waals surface area (Å²) in [5, 5.41) is 0. The Morgan fingerprint density at radius 2 is 1.92 bits per heavy atom. The summed E-state index contributed by atoms with van der Waals surface area (Å²) >= 11 is 0. The molecule has 0 bridgehead atoms. The second-order valence-corrected chi connectivity index (χ2v) is 9.05. The Kier molecular flexibility index (Phi) is 5.71. The molecule has 1 fully saturated rings. The van der Waals surface area contributed by atoms with Gasteiger partial charge in [0, 0.05) is 30.8 Å². The third-order valence-corrected chi connectivity index (χ3v) is 5.57. The summed E-state index contributed by atoms with van der Waals surface area (Å²) in [6.45, 7) is 0.710. The maximum atomic E-state index is 13.2. The Bertz CT molecular complexity index is 866. The predicted octanol–water partition coefficient (Wildman–Crippen LogP) is 3.38. The van der Waals surface area contributed by atoms with Crippen molar-refractivity contribution < 1.29 is 13.2 Å². The van der Waals surface area contributed by atoms with Gasteiger partial charge in [-0.2, -0.15) is 0 Å². The Balaban J connectivity index is 1.90. The van der Waals surface area contributed by atoms with Gasteiger partial charge in [0.05, 0.1) is 11.8 Å². The van der Waals surface area contributed by atoms with E-state index in [1.54, 1.807) is 36.7 Å². The first kappa shape index (κ1) is 18.6. The molecular weight excluding hydrogens is 348 g/mol. The number of nitrogens with zero attached hydrogens (tertiary/aromatic N) is 2. The van der Waals surface area contributed by atoms with E-state index in [-0.39, 0.29) is 17.7 Å². The molecule has 138 valence electrons. The monoisotopic (exact) mass is 372 g/mol. The van der Waals surface area contributed by atoms with Crippen LogP contribution in [0.4, 0.5) is 0 Å². The molecule has 26 heavy (non-hydrogen) atoms. The molecule has 1 aliphatic heterocycles. The van der Waals surface area contributed by atoms with Crippen LogP contribution in [0.25, 0.3) is 0 Å². The Labute approximate surface area is 155 Å². The summed E-state index contributed by atoms with van der Waals surface area (Å²) < 4.78 is 23.1. The zero-order valence-corrected chi connectivity index (χ0v) is 15.8. The number of likely N-dealkylation sites (tertiary alicyclic amines) is 1. The predicted molar refractivity (Wildman–Crippen MR) is 101 cm³/mol. The van der Waals surface area contributed by atoms with E-state index in [0.29, 0.717) is 17.7 Å². The Morgan fingerprint density at radius 1 is 1.15 bits per heavy atom. The fourth-order valence-corrected chi connectivity index (χ4v) is 4.33. The summed E-state index contributed by atoms with van der Waals surface area (Å²) in [5.41, 5.74) is 2.29. The van der Waals surface area contributed by atoms with Crippen molar-refractivity contribution in [2.45, 2.75) is 37.5 Å². The van der Waals surface area contributed by atoms with E-state index >= 15 is 0 Å². The minimum absolute atomic E-state index is 0.0339. The van der Waals surface area contributed by atoms with Gasteiger partial charge in [-0.3, -0.25) is 9.78 Å². The van der Waals surface area contributed by atoms with Gasteiger partial charge in [0.25, 0.3) is 5.91 Å². The van der Waals surface area contributed by atoms with E-state index in [0.717, 1.165) is 31.2 Å². The summed E-state index contributed by atoms with van der Waals surface area (Å²) in [6, 6.07) is 11.0. The molecule has 2 aromatic rings. The van der Waals surface area contributed by atoms with Crippen molar-refractivity contribution in [3.05, 3.63) is 65.5 Å². The van der Waals surface area contributed by atoms with Crippen molar-refractivity contribution in [2.24, 2.45) is 0 Å².